The first-order chi connectivity index (χ1) is 21.4. The van der Waals surface area contributed by atoms with Crippen LogP contribution in [-0.2, 0) is 6.54 Å². The highest BCUT2D eigenvalue weighted by Crippen LogP contribution is 2.27. The van der Waals surface area contributed by atoms with Crippen LogP contribution in [0.3, 0.4) is 0 Å². The van der Waals surface area contributed by atoms with Gasteiger partial charge in [-0.2, -0.15) is 4.98 Å². The van der Waals surface area contributed by atoms with Crippen LogP contribution in [0, 0.1) is 6.92 Å². The Bertz CT molecular complexity index is 1850. The smallest absolute Gasteiger partial charge is 0.256 e. The van der Waals surface area contributed by atoms with E-state index in [0.29, 0.717) is 59.9 Å². The summed E-state index contributed by atoms with van der Waals surface area (Å²) in [4.78, 5) is 48.7. The molecule has 0 bridgehead atoms. The van der Waals surface area contributed by atoms with Gasteiger partial charge in [-0.25, -0.2) is 15.0 Å². The zero-order chi connectivity index (χ0) is 30.6. The first-order valence-electron chi connectivity index (χ1n) is 14.2. The monoisotopic (exact) mass is 592 g/mol. The van der Waals surface area contributed by atoms with Crippen LogP contribution in [0.5, 0.6) is 11.5 Å². The summed E-state index contributed by atoms with van der Waals surface area (Å²) in [5, 5.41) is 3.71. The largest absolute Gasteiger partial charge is 0.493 e. The van der Waals surface area contributed by atoms with Gasteiger partial charge in [-0.15, -0.1) is 0 Å². The summed E-state index contributed by atoms with van der Waals surface area (Å²) in [5.74, 6) is 2.24. The molecular formula is C32H32N8O4. The molecule has 44 heavy (non-hydrogen) atoms. The van der Waals surface area contributed by atoms with Crippen molar-refractivity contribution in [2.75, 3.05) is 50.2 Å². The lowest BCUT2D eigenvalue weighted by Crippen LogP contribution is -2.47. The molecule has 0 atom stereocenters. The van der Waals surface area contributed by atoms with E-state index in [4.69, 9.17) is 19.4 Å². The zero-order valence-corrected chi connectivity index (χ0v) is 24.7. The molecule has 0 aliphatic carbocycles. The van der Waals surface area contributed by atoms with Gasteiger partial charge in [-0.05, 0) is 61.0 Å². The number of nitrogens with zero attached hydrogens (tertiary/aromatic N) is 7. The van der Waals surface area contributed by atoms with Crippen molar-refractivity contribution in [3.8, 4) is 17.2 Å². The van der Waals surface area contributed by atoms with Crippen molar-refractivity contribution in [1.82, 2.24) is 29.8 Å². The topological polar surface area (TPSA) is 128 Å². The molecule has 5 aromatic rings. The maximum absolute atomic E-state index is 13.2. The van der Waals surface area contributed by atoms with Crippen LogP contribution < -0.4 is 30.1 Å². The maximum Gasteiger partial charge on any atom is 0.256 e. The average molecular weight is 593 g/mol. The van der Waals surface area contributed by atoms with Crippen LogP contribution >= 0.6 is 0 Å². The van der Waals surface area contributed by atoms with E-state index in [1.165, 1.54) is 6.07 Å². The second kappa shape index (κ2) is 12.4. The molecule has 0 unspecified atom stereocenters. The Morgan fingerprint density at radius 1 is 0.841 bits per heavy atom. The summed E-state index contributed by atoms with van der Waals surface area (Å²) in [6, 6.07) is 17.5. The fourth-order valence-electron chi connectivity index (χ4n) is 5.24. The number of nitrogens with one attached hydrogen (secondary N) is 1. The lowest BCUT2D eigenvalue weighted by atomic mass is 10.1. The number of carbonyl (C=O) groups is 1. The van der Waals surface area contributed by atoms with Gasteiger partial charge in [0, 0.05) is 62.1 Å². The SMILES string of the molecule is COc1ccc(CNC(=O)c2ccc(-n3c(=O)ccc4c(C)nc(N5CCN(c6ncccn6)CC5)nc43)cc2)cc1OC. The minimum Gasteiger partial charge on any atom is -0.493 e. The Hall–Kier alpha value is -5.52. The number of pyridine rings is 1. The van der Waals surface area contributed by atoms with Gasteiger partial charge in [0.2, 0.25) is 11.9 Å². The summed E-state index contributed by atoms with van der Waals surface area (Å²) >= 11 is 0. The first-order valence-corrected chi connectivity index (χ1v) is 14.2. The summed E-state index contributed by atoms with van der Waals surface area (Å²) in [6.07, 6.45) is 3.48. The number of hydrogen-bond donors (Lipinski definition) is 1. The maximum atomic E-state index is 13.2. The standard InChI is InChI=1S/C32H32N8O4/c1-21-25-10-12-28(41)40(29(25)37-32(36-21)39-17-15-38(16-18-39)31-33-13-4-14-34-31)24-8-6-23(7-9-24)30(42)35-20-22-5-11-26(43-2)27(19-22)44-3/h4-14,19H,15-18,20H2,1-3H3,(H,35,42). The highest BCUT2D eigenvalue weighted by Gasteiger charge is 2.22. The third-order valence-corrected chi connectivity index (χ3v) is 7.62. The number of methoxy groups -OCH3 is 2. The number of aromatic nitrogens is 5. The number of rotatable bonds is 8. The van der Waals surface area contributed by atoms with Crippen molar-refractivity contribution < 1.29 is 14.3 Å². The minimum atomic E-state index is -0.239. The third kappa shape index (κ3) is 5.74. The molecule has 2 aromatic carbocycles. The normalized spacial score (nSPS) is 13.2. The van der Waals surface area contributed by atoms with E-state index in [9.17, 15) is 9.59 Å². The Balaban J connectivity index is 1.21. The van der Waals surface area contributed by atoms with Crippen LogP contribution in [0.2, 0.25) is 0 Å². The number of ether oxygens (including phenoxy) is 2. The Morgan fingerprint density at radius 2 is 1.52 bits per heavy atom. The fraction of sp³-hybridized carbons (Fsp3) is 0.250. The van der Waals surface area contributed by atoms with Crippen LogP contribution in [0.25, 0.3) is 16.7 Å². The van der Waals surface area contributed by atoms with E-state index in [-0.39, 0.29) is 11.5 Å². The van der Waals surface area contributed by atoms with Gasteiger partial charge in [0.15, 0.2) is 17.1 Å². The van der Waals surface area contributed by atoms with Crippen molar-refractivity contribution >= 4 is 28.8 Å². The van der Waals surface area contributed by atoms with Crippen LogP contribution in [0.4, 0.5) is 11.9 Å². The summed E-state index contributed by atoms with van der Waals surface area (Å²) in [5.41, 5.74) is 3.01. The van der Waals surface area contributed by atoms with Crippen molar-refractivity contribution in [3.05, 3.63) is 100 Å². The summed E-state index contributed by atoms with van der Waals surface area (Å²) in [6.45, 7) is 5.06. The van der Waals surface area contributed by atoms with Gasteiger partial charge in [0.1, 0.15) is 0 Å². The number of carbonyl (C=O) groups excluding carboxylic acids is 1. The van der Waals surface area contributed by atoms with Crippen molar-refractivity contribution in [1.29, 1.82) is 0 Å². The number of amides is 1. The second-order valence-corrected chi connectivity index (χ2v) is 10.3. The molecule has 4 heterocycles. The molecule has 1 amide bonds. The number of benzene rings is 2. The van der Waals surface area contributed by atoms with Gasteiger partial charge in [0.05, 0.1) is 25.6 Å². The molecule has 0 spiro atoms. The molecule has 224 valence electrons. The van der Waals surface area contributed by atoms with E-state index in [2.05, 4.69) is 25.1 Å². The lowest BCUT2D eigenvalue weighted by molar-refractivity contribution is 0.0951. The number of piperazine rings is 1. The molecule has 12 heteroatoms. The summed E-state index contributed by atoms with van der Waals surface area (Å²) < 4.78 is 12.2. The van der Waals surface area contributed by atoms with Gasteiger partial charge in [0.25, 0.3) is 11.5 Å². The lowest BCUT2D eigenvalue weighted by Gasteiger charge is -2.34. The predicted molar refractivity (Wildman–Crippen MR) is 167 cm³/mol. The van der Waals surface area contributed by atoms with Gasteiger partial charge in [-0.3, -0.25) is 14.2 Å². The number of anilines is 2. The zero-order valence-electron chi connectivity index (χ0n) is 24.7. The van der Waals surface area contributed by atoms with Gasteiger partial charge >= 0.3 is 0 Å². The molecule has 6 rings (SSSR count). The van der Waals surface area contributed by atoms with E-state index in [1.54, 1.807) is 73.6 Å². The molecule has 1 aliphatic rings. The molecule has 0 radical (unpaired) electrons. The summed E-state index contributed by atoms with van der Waals surface area (Å²) in [7, 11) is 3.15. The van der Waals surface area contributed by atoms with Gasteiger partial charge < -0.3 is 24.6 Å². The highest BCUT2D eigenvalue weighted by atomic mass is 16.5. The van der Waals surface area contributed by atoms with Crippen LogP contribution in [0.1, 0.15) is 21.6 Å². The van der Waals surface area contributed by atoms with Crippen molar-refractivity contribution in [3.63, 3.8) is 0 Å². The average Bonchev–Trinajstić information content (AvgIpc) is 3.07. The number of fused-ring (bicyclic) bond motifs is 1. The highest BCUT2D eigenvalue weighted by molar-refractivity contribution is 5.94. The molecule has 1 saturated heterocycles. The quantitative estimate of drug-likeness (QED) is 0.287. The van der Waals surface area contributed by atoms with Gasteiger partial charge in [-0.1, -0.05) is 6.07 Å². The Labute approximate surface area is 253 Å². The fourth-order valence-corrected chi connectivity index (χ4v) is 5.24. The van der Waals surface area contributed by atoms with Crippen LogP contribution in [-0.4, -0.2) is 70.8 Å². The van der Waals surface area contributed by atoms with E-state index < -0.39 is 0 Å². The molecule has 1 fully saturated rings. The van der Waals surface area contributed by atoms with Crippen molar-refractivity contribution in [2.45, 2.75) is 13.5 Å². The molecule has 3 aromatic heterocycles. The van der Waals surface area contributed by atoms with E-state index in [1.807, 2.05) is 19.1 Å². The molecular weight excluding hydrogens is 560 g/mol. The molecule has 1 N–H and O–H groups in total. The third-order valence-electron chi connectivity index (χ3n) is 7.62. The van der Waals surface area contributed by atoms with E-state index >= 15 is 0 Å². The van der Waals surface area contributed by atoms with Crippen LogP contribution in [0.15, 0.2) is 77.9 Å². The van der Waals surface area contributed by atoms with E-state index in [0.717, 1.165) is 29.7 Å². The first kappa shape index (κ1) is 28.6. The molecule has 1 aliphatic heterocycles. The molecule has 12 nitrogen and oxygen atoms in total. The minimum absolute atomic E-state index is 0.224. The number of hydrogen-bond acceptors (Lipinski definition) is 10. The second-order valence-electron chi connectivity index (χ2n) is 10.3. The predicted octanol–water partition coefficient (Wildman–Crippen LogP) is 3.15. The molecule has 0 saturated carbocycles. The number of aryl methyl sites for hydroxylation is 1. The Morgan fingerprint density at radius 3 is 2.20 bits per heavy atom. The van der Waals surface area contributed by atoms with Crippen molar-refractivity contribution in [2.24, 2.45) is 0 Å². The Kier molecular flexibility index (Phi) is 8.04.